The van der Waals surface area contributed by atoms with E-state index >= 15 is 0 Å². The molecular weight excluding hydrogens is 186 g/mol. The highest BCUT2D eigenvalue weighted by atomic mass is 15.0. The number of nitrogen functional groups attached to an aromatic ring is 1. The number of rotatable bonds is 2. The van der Waals surface area contributed by atoms with Crippen LogP contribution in [0.2, 0.25) is 0 Å². The molecule has 2 aromatic rings. The van der Waals surface area contributed by atoms with Gasteiger partial charge in [0.15, 0.2) is 0 Å². The van der Waals surface area contributed by atoms with E-state index in [9.17, 15) is 0 Å². The SMILES string of the molecule is CC(C)c1nc(N)c(-c2ccccc2)[nH]1. The molecule has 78 valence electrons. The molecule has 0 aliphatic heterocycles. The lowest BCUT2D eigenvalue weighted by Crippen LogP contribution is -1.90. The lowest BCUT2D eigenvalue weighted by atomic mass is 10.1. The molecule has 0 amide bonds. The van der Waals surface area contributed by atoms with Crippen molar-refractivity contribution < 1.29 is 0 Å². The maximum Gasteiger partial charge on any atom is 0.149 e. The zero-order chi connectivity index (χ0) is 10.8. The van der Waals surface area contributed by atoms with E-state index in [1.54, 1.807) is 0 Å². The van der Waals surface area contributed by atoms with Crippen molar-refractivity contribution in [2.24, 2.45) is 0 Å². The molecule has 15 heavy (non-hydrogen) atoms. The number of hydrogen-bond donors (Lipinski definition) is 2. The molecule has 0 saturated heterocycles. The zero-order valence-electron chi connectivity index (χ0n) is 8.99. The summed E-state index contributed by atoms with van der Waals surface area (Å²) in [4.78, 5) is 7.57. The molecule has 3 N–H and O–H groups in total. The van der Waals surface area contributed by atoms with Crippen LogP contribution in [-0.4, -0.2) is 9.97 Å². The van der Waals surface area contributed by atoms with Crippen LogP contribution in [0.25, 0.3) is 11.3 Å². The Kier molecular flexibility index (Phi) is 2.46. The summed E-state index contributed by atoms with van der Waals surface area (Å²) >= 11 is 0. The van der Waals surface area contributed by atoms with Crippen LogP contribution in [0.1, 0.15) is 25.6 Å². The predicted octanol–water partition coefficient (Wildman–Crippen LogP) is 2.78. The number of nitrogens with one attached hydrogen (secondary N) is 1. The van der Waals surface area contributed by atoms with Gasteiger partial charge in [0.25, 0.3) is 0 Å². The molecule has 0 unspecified atom stereocenters. The van der Waals surface area contributed by atoms with Crippen molar-refractivity contribution in [1.82, 2.24) is 9.97 Å². The molecule has 0 saturated carbocycles. The quantitative estimate of drug-likeness (QED) is 0.785. The maximum atomic E-state index is 5.87. The number of H-pyrrole nitrogens is 1. The van der Waals surface area contributed by atoms with Crippen LogP contribution in [0.5, 0.6) is 0 Å². The Balaban J connectivity index is 2.45. The molecule has 1 aromatic heterocycles. The van der Waals surface area contributed by atoms with Gasteiger partial charge in [-0.2, -0.15) is 0 Å². The number of anilines is 1. The van der Waals surface area contributed by atoms with Crippen molar-refractivity contribution in [2.75, 3.05) is 5.73 Å². The standard InChI is InChI=1S/C12H15N3/c1-8(2)12-14-10(11(13)15-12)9-6-4-3-5-7-9/h3-8H,13H2,1-2H3,(H,14,15). The number of imidazole rings is 1. The first kappa shape index (κ1) is 9.77. The van der Waals surface area contributed by atoms with E-state index in [-0.39, 0.29) is 0 Å². The fourth-order valence-corrected chi connectivity index (χ4v) is 1.50. The minimum atomic E-state index is 0.366. The van der Waals surface area contributed by atoms with Crippen molar-refractivity contribution >= 4 is 5.82 Å². The van der Waals surface area contributed by atoms with Gasteiger partial charge in [-0.25, -0.2) is 4.98 Å². The van der Waals surface area contributed by atoms with E-state index in [1.165, 1.54) is 0 Å². The van der Waals surface area contributed by atoms with Gasteiger partial charge in [-0.15, -0.1) is 0 Å². The topological polar surface area (TPSA) is 54.7 Å². The van der Waals surface area contributed by atoms with Gasteiger partial charge in [0.1, 0.15) is 11.6 Å². The third kappa shape index (κ3) is 1.86. The Morgan fingerprint density at radius 3 is 2.40 bits per heavy atom. The largest absolute Gasteiger partial charge is 0.382 e. The van der Waals surface area contributed by atoms with E-state index in [4.69, 9.17) is 5.73 Å². The Bertz CT molecular complexity index is 443. The highest BCUT2D eigenvalue weighted by Gasteiger charge is 2.10. The second kappa shape index (κ2) is 3.77. The molecule has 0 bridgehead atoms. The summed E-state index contributed by atoms with van der Waals surface area (Å²) in [7, 11) is 0. The Morgan fingerprint density at radius 2 is 1.87 bits per heavy atom. The average molecular weight is 201 g/mol. The Labute approximate surface area is 89.4 Å². The normalized spacial score (nSPS) is 10.9. The summed E-state index contributed by atoms with van der Waals surface area (Å²) in [5.74, 6) is 1.88. The van der Waals surface area contributed by atoms with Gasteiger partial charge < -0.3 is 10.7 Å². The van der Waals surface area contributed by atoms with Crippen LogP contribution in [-0.2, 0) is 0 Å². The lowest BCUT2D eigenvalue weighted by Gasteiger charge is -1.99. The number of aromatic amines is 1. The molecule has 1 aromatic carbocycles. The summed E-state index contributed by atoms with van der Waals surface area (Å²) < 4.78 is 0. The van der Waals surface area contributed by atoms with Crippen LogP contribution in [0, 0.1) is 0 Å². The molecular formula is C12H15N3. The summed E-state index contributed by atoms with van der Waals surface area (Å²) in [5, 5.41) is 0. The van der Waals surface area contributed by atoms with Crippen LogP contribution >= 0.6 is 0 Å². The number of hydrogen-bond acceptors (Lipinski definition) is 2. The van der Waals surface area contributed by atoms with Crippen LogP contribution in [0.4, 0.5) is 5.82 Å². The fraction of sp³-hybridized carbons (Fsp3) is 0.250. The highest BCUT2D eigenvalue weighted by molar-refractivity contribution is 5.70. The minimum absolute atomic E-state index is 0.366. The molecule has 2 rings (SSSR count). The number of nitrogens with zero attached hydrogens (tertiary/aromatic N) is 1. The predicted molar refractivity (Wildman–Crippen MR) is 62.5 cm³/mol. The smallest absolute Gasteiger partial charge is 0.149 e. The number of benzene rings is 1. The van der Waals surface area contributed by atoms with Gasteiger partial charge >= 0.3 is 0 Å². The highest BCUT2D eigenvalue weighted by Crippen LogP contribution is 2.25. The average Bonchev–Trinajstić information content (AvgIpc) is 2.62. The van der Waals surface area contributed by atoms with Crippen LogP contribution < -0.4 is 5.73 Å². The van der Waals surface area contributed by atoms with E-state index in [0.29, 0.717) is 11.7 Å². The van der Waals surface area contributed by atoms with E-state index in [1.807, 2.05) is 30.3 Å². The van der Waals surface area contributed by atoms with Crippen molar-refractivity contribution in [3.05, 3.63) is 36.2 Å². The molecule has 0 spiro atoms. The zero-order valence-corrected chi connectivity index (χ0v) is 8.99. The molecule has 0 atom stereocenters. The van der Waals surface area contributed by atoms with Crippen molar-refractivity contribution in [1.29, 1.82) is 0 Å². The van der Waals surface area contributed by atoms with Gasteiger partial charge in [0.05, 0.1) is 5.69 Å². The van der Waals surface area contributed by atoms with Gasteiger partial charge in [0, 0.05) is 11.5 Å². The first-order chi connectivity index (χ1) is 7.18. The summed E-state index contributed by atoms with van der Waals surface area (Å²) in [6.07, 6.45) is 0. The van der Waals surface area contributed by atoms with Crippen LogP contribution in [0.15, 0.2) is 30.3 Å². The van der Waals surface area contributed by atoms with Gasteiger partial charge in [-0.1, -0.05) is 44.2 Å². The van der Waals surface area contributed by atoms with Crippen LogP contribution in [0.3, 0.4) is 0 Å². The van der Waals surface area contributed by atoms with Gasteiger partial charge in [0.2, 0.25) is 0 Å². The molecule has 0 aliphatic rings. The third-order valence-electron chi connectivity index (χ3n) is 2.36. The molecule has 0 radical (unpaired) electrons. The van der Waals surface area contributed by atoms with E-state index in [2.05, 4.69) is 23.8 Å². The summed E-state index contributed by atoms with van der Waals surface area (Å²) in [5.41, 5.74) is 7.86. The van der Waals surface area contributed by atoms with Crippen molar-refractivity contribution in [2.45, 2.75) is 19.8 Å². The third-order valence-corrected chi connectivity index (χ3v) is 2.36. The van der Waals surface area contributed by atoms with Gasteiger partial charge in [-0.3, -0.25) is 0 Å². The molecule has 3 nitrogen and oxygen atoms in total. The Hall–Kier alpha value is -1.77. The first-order valence-electron chi connectivity index (χ1n) is 5.09. The second-order valence-electron chi connectivity index (χ2n) is 3.90. The lowest BCUT2D eigenvalue weighted by molar-refractivity contribution is 0.796. The monoisotopic (exact) mass is 201 g/mol. The number of nitrogens with two attached hydrogens (primary N) is 1. The molecule has 3 heteroatoms. The minimum Gasteiger partial charge on any atom is -0.382 e. The second-order valence-corrected chi connectivity index (χ2v) is 3.90. The van der Waals surface area contributed by atoms with E-state index < -0.39 is 0 Å². The Morgan fingerprint density at radius 1 is 1.20 bits per heavy atom. The summed E-state index contributed by atoms with van der Waals surface area (Å²) in [6.45, 7) is 4.18. The van der Waals surface area contributed by atoms with Crippen molar-refractivity contribution in [3.8, 4) is 11.3 Å². The van der Waals surface area contributed by atoms with Gasteiger partial charge in [-0.05, 0) is 0 Å². The fourth-order valence-electron chi connectivity index (χ4n) is 1.50. The summed E-state index contributed by atoms with van der Waals surface area (Å²) in [6, 6.07) is 10.0. The van der Waals surface area contributed by atoms with E-state index in [0.717, 1.165) is 17.1 Å². The molecule has 0 aliphatic carbocycles. The van der Waals surface area contributed by atoms with Crippen molar-refractivity contribution in [3.63, 3.8) is 0 Å². The molecule has 1 heterocycles. The maximum absolute atomic E-state index is 5.87. The molecule has 0 fully saturated rings. The number of aromatic nitrogens is 2. The first-order valence-corrected chi connectivity index (χ1v) is 5.09.